The molecule has 6 nitrogen and oxygen atoms in total. The van der Waals surface area contributed by atoms with Crippen molar-refractivity contribution in [1.29, 1.82) is 0 Å². The predicted octanol–water partition coefficient (Wildman–Crippen LogP) is 18.7. The number of hydrogen-bond acceptors (Lipinski definition) is 6. The summed E-state index contributed by atoms with van der Waals surface area (Å²) in [6.45, 7) is 6.56. The topological polar surface area (TPSA) is 78.9 Å². The Morgan fingerprint density at radius 1 is 0.308 bits per heavy atom. The molecule has 0 fully saturated rings. The van der Waals surface area contributed by atoms with Crippen LogP contribution in [0.4, 0.5) is 0 Å². The molecule has 0 spiro atoms. The Morgan fingerprint density at radius 2 is 0.554 bits per heavy atom. The number of hydrogen-bond donors (Lipinski definition) is 0. The van der Waals surface area contributed by atoms with Crippen molar-refractivity contribution in [2.75, 3.05) is 13.2 Å². The van der Waals surface area contributed by atoms with E-state index >= 15 is 0 Å². The molecule has 0 aromatic rings. The SMILES string of the molecule is CCCC/C=C\C=C/CCCCCC(=O)OCC(COC(=O)CCCCCCCCCCCC/C=C\C=C/CCCCC)OC(=O)CCCCCCCCCCCCCCCCCCC. The van der Waals surface area contributed by atoms with E-state index in [2.05, 4.69) is 69.4 Å². The number of esters is 3. The first kappa shape index (κ1) is 62.4. The van der Waals surface area contributed by atoms with E-state index in [1.165, 1.54) is 180 Å². The average molecular weight is 911 g/mol. The predicted molar refractivity (Wildman–Crippen MR) is 279 cm³/mol. The first-order valence-corrected chi connectivity index (χ1v) is 28.2. The molecule has 0 saturated carbocycles. The first-order chi connectivity index (χ1) is 32.0. The minimum Gasteiger partial charge on any atom is -0.462 e. The number of carbonyl (C=O) groups excluding carboxylic acids is 3. The summed E-state index contributed by atoms with van der Waals surface area (Å²) >= 11 is 0. The fraction of sp³-hybridized carbons (Fsp3) is 0.814. The second-order valence-corrected chi connectivity index (χ2v) is 18.9. The van der Waals surface area contributed by atoms with Crippen molar-refractivity contribution in [1.82, 2.24) is 0 Å². The molecule has 0 amide bonds. The molecule has 0 rings (SSSR count). The molecule has 0 aliphatic heterocycles. The second-order valence-electron chi connectivity index (χ2n) is 18.9. The minimum absolute atomic E-state index is 0.0808. The number of allylic oxidation sites excluding steroid dienone is 8. The van der Waals surface area contributed by atoms with E-state index < -0.39 is 6.10 Å². The quantitative estimate of drug-likeness (QED) is 0.0262. The number of carbonyl (C=O) groups is 3. The van der Waals surface area contributed by atoms with Gasteiger partial charge in [0.25, 0.3) is 0 Å². The summed E-state index contributed by atoms with van der Waals surface area (Å²) in [4.78, 5) is 38.0. The fourth-order valence-corrected chi connectivity index (χ4v) is 8.06. The van der Waals surface area contributed by atoms with Gasteiger partial charge in [0.05, 0.1) is 0 Å². The van der Waals surface area contributed by atoms with Crippen LogP contribution >= 0.6 is 0 Å². The molecule has 1 unspecified atom stereocenters. The average Bonchev–Trinajstić information content (AvgIpc) is 3.30. The van der Waals surface area contributed by atoms with Crippen molar-refractivity contribution in [3.63, 3.8) is 0 Å². The van der Waals surface area contributed by atoms with Gasteiger partial charge in [-0.1, -0.05) is 256 Å². The highest BCUT2D eigenvalue weighted by Crippen LogP contribution is 2.16. The maximum absolute atomic E-state index is 12.8. The highest BCUT2D eigenvalue weighted by Gasteiger charge is 2.19. The summed E-state index contributed by atoms with van der Waals surface area (Å²) < 4.78 is 16.8. The second kappa shape index (κ2) is 54.0. The van der Waals surface area contributed by atoms with Gasteiger partial charge in [0, 0.05) is 19.3 Å². The molecule has 378 valence electrons. The lowest BCUT2D eigenvalue weighted by Crippen LogP contribution is -2.30. The Hall–Kier alpha value is -2.63. The van der Waals surface area contributed by atoms with Crippen molar-refractivity contribution in [3.8, 4) is 0 Å². The lowest BCUT2D eigenvalue weighted by molar-refractivity contribution is -0.167. The van der Waals surface area contributed by atoms with Crippen molar-refractivity contribution >= 4 is 17.9 Å². The standard InChI is InChI=1S/C59H106O6/c1-4-7-10-13-16-19-22-24-26-28-29-31-32-34-37-40-43-46-49-52-58(61)64-55-56(54-63-57(60)51-48-45-42-39-36-21-18-15-12-9-6-3)65-59(62)53-50-47-44-41-38-35-33-30-27-25-23-20-17-14-11-8-5-2/h15-16,18-19,21-22,24,36,56H,4-14,17,20,23,25-35,37-55H2,1-3H3/b18-15-,19-16-,24-22-,36-21-. The van der Waals surface area contributed by atoms with Crippen LogP contribution in [0, 0.1) is 0 Å². The highest BCUT2D eigenvalue weighted by molar-refractivity contribution is 5.71. The van der Waals surface area contributed by atoms with Gasteiger partial charge in [-0.15, -0.1) is 0 Å². The molecule has 0 aliphatic rings. The van der Waals surface area contributed by atoms with Crippen molar-refractivity contribution in [2.45, 2.75) is 297 Å². The smallest absolute Gasteiger partial charge is 0.306 e. The summed E-state index contributed by atoms with van der Waals surface area (Å²) in [5.74, 6) is -0.900. The monoisotopic (exact) mass is 911 g/mol. The first-order valence-electron chi connectivity index (χ1n) is 28.2. The van der Waals surface area contributed by atoms with Gasteiger partial charge in [-0.2, -0.15) is 0 Å². The minimum atomic E-state index is -0.782. The van der Waals surface area contributed by atoms with E-state index in [1.807, 2.05) is 0 Å². The lowest BCUT2D eigenvalue weighted by Gasteiger charge is -2.18. The Kier molecular flexibility index (Phi) is 51.8. The third kappa shape index (κ3) is 52.2. The third-order valence-electron chi connectivity index (χ3n) is 12.4. The molecule has 0 heterocycles. The Labute approximate surface area is 403 Å². The van der Waals surface area contributed by atoms with E-state index in [9.17, 15) is 14.4 Å². The van der Waals surface area contributed by atoms with Gasteiger partial charge >= 0.3 is 17.9 Å². The van der Waals surface area contributed by atoms with Gasteiger partial charge in [0.1, 0.15) is 13.2 Å². The summed E-state index contributed by atoms with van der Waals surface area (Å²) in [6.07, 6.45) is 65.3. The van der Waals surface area contributed by atoms with Crippen LogP contribution in [0.5, 0.6) is 0 Å². The molecule has 0 radical (unpaired) electrons. The van der Waals surface area contributed by atoms with Crippen LogP contribution in [0.3, 0.4) is 0 Å². The zero-order chi connectivity index (χ0) is 47.2. The van der Waals surface area contributed by atoms with Crippen LogP contribution in [0.2, 0.25) is 0 Å². The van der Waals surface area contributed by atoms with Crippen molar-refractivity contribution < 1.29 is 28.6 Å². The number of rotatable bonds is 51. The maximum Gasteiger partial charge on any atom is 0.306 e. The van der Waals surface area contributed by atoms with E-state index in [4.69, 9.17) is 14.2 Å². The van der Waals surface area contributed by atoms with E-state index in [-0.39, 0.29) is 31.1 Å². The molecular weight excluding hydrogens is 805 g/mol. The molecule has 1 atom stereocenters. The van der Waals surface area contributed by atoms with Crippen LogP contribution in [-0.2, 0) is 28.6 Å². The fourth-order valence-electron chi connectivity index (χ4n) is 8.06. The molecular formula is C59H106O6. The Balaban J connectivity index is 4.32. The van der Waals surface area contributed by atoms with Crippen molar-refractivity contribution in [2.24, 2.45) is 0 Å². The molecule has 6 heteroatoms. The summed E-state index contributed by atoms with van der Waals surface area (Å²) in [5, 5.41) is 0. The van der Waals surface area contributed by atoms with Gasteiger partial charge in [-0.05, 0) is 64.2 Å². The molecule has 0 saturated heterocycles. The summed E-state index contributed by atoms with van der Waals surface area (Å²) in [7, 11) is 0. The Bertz CT molecular complexity index is 1140. The maximum atomic E-state index is 12.8. The Morgan fingerprint density at radius 3 is 0.908 bits per heavy atom. The number of ether oxygens (including phenoxy) is 3. The number of unbranched alkanes of at least 4 members (excludes halogenated alkanes) is 34. The lowest BCUT2D eigenvalue weighted by atomic mass is 10.0. The van der Waals surface area contributed by atoms with Crippen molar-refractivity contribution in [3.05, 3.63) is 48.6 Å². The molecule has 0 aromatic carbocycles. The molecule has 0 aromatic heterocycles. The van der Waals surface area contributed by atoms with E-state index in [1.54, 1.807) is 0 Å². The van der Waals surface area contributed by atoms with E-state index in [0.717, 1.165) is 70.6 Å². The van der Waals surface area contributed by atoms with E-state index in [0.29, 0.717) is 19.3 Å². The van der Waals surface area contributed by atoms with Crippen LogP contribution in [0.25, 0.3) is 0 Å². The molecule has 0 bridgehead atoms. The van der Waals surface area contributed by atoms with Gasteiger partial charge in [0.2, 0.25) is 0 Å². The highest BCUT2D eigenvalue weighted by atomic mass is 16.6. The largest absolute Gasteiger partial charge is 0.462 e. The van der Waals surface area contributed by atoms with Gasteiger partial charge in [0.15, 0.2) is 6.10 Å². The normalized spacial score (nSPS) is 12.4. The van der Waals surface area contributed by atoms with Gasteiger partial charge in [-0.25, -0.2) is 0 Å². The third-order valence-corrected chi connectivity index (χ3v) is 12.4. The zero-order valence-corrected chi connectivity index (χ0v) is 43.3. The zero-order valence-electron chi connectivity index (χ0n) is 43.3. The van der Waals surface area contributed by atoms with Crippen LogP contribution in [0.1, 0.15) is 290 Å². The van der Waals surface area contributed by atoms with Gasteiger partial charge in [-0.3, -0.25) is 14.4 Å². The summed E-state index contributed by atoms with van der Waals surface area (Å²) in [6, 6.07) is 0. The molecule has 0 aliphatic carbocycles. The van der Waals surface area contributed by atoms with Gasteiger partial charge < -0.3 is 14.2 Å². The summed E-state index contributed by atoms with van der Waals surface area (Å²) in [5.41, 5.74) is 0. The molecule has 65 heavy (non-hydrogen) atoms. The van der Waals surface area contributed by atoms with Crippen LogP contribution in [-0.4, -0.2) is 37.2 Å². The molecule has 0 N–H and O–H groups in total. The van der Waals surface area contributed by atoms with Crippen LogP contribution < -0.4 is 0 Å². The van der Waals surface area contributed by atoms with Crippen LogP contribution in [0.15, 0.2) is 48.6 Å².